The number of rotatable bonds is 2. The Morgan fingerprint density at radius 1 is 0.947 bits per heavy atom. The molecule has 0 aliphatic heterocycles. The van der Waals surface area contributed by atoms with Crippen LogP contribution in [0.3, 0.4) is 0 Å². The Labute approximate surface area is 130 Å². The molecule has 2 aromatic carbocycles. The molecular formula is C16H15Br2F. The summed E-state index contributed by atoms with van der Waals surface area (Å²) in [6, 6.07) is 10.0. The first-order chi connectivity index (χ1) is 8.90. The summed E-state index contributed by atoms with van der Waals surface area (Å²) in [5, 5.41) is 0. The normalized spacial score (nSPS) is 12.5. The molecule has 0 amide bonds. The summed E-state index contributed by atoms with van der Waals surface area (Å²) >= 11 is 7.19. The molecule has 0 heterocycles. The predicted octanol–water partition coefficient (Wildman–Crippen LogP) is 6.00. The Kier molecular flexibility index (Phi) is 4.46. The van der Waals surface area contributed by atoms with Gasteiger partial charge in [0, 0.05) is 4.47 Å². The second-order valence-corrected chi connectivity index (χ2v) is 6.66. The summed E-state index contributed by atoms with van der Waals surface area (Å²) in [6.07, 6.45) is 0. The van der Waals surface area contributed by atoms with Crippen molar-refractivity contribution >= 4 is 31.9 Å². The lowest BCUT2D eigenvalue weighted by Gasteiger charge is -2.16. The highest BCUT2D eigenvalue weighted by Gasteiger charge is 2.15. The second-order valence-electron chi connectivity index (χ2n) is 4.83. The van der Waals surface area contributed by atoms with E-state index in [-0.39, 0.29) is 10.6 Å². The Morgan fingerprint density at radius 2 is 1.53 bits per heavy atom. The maximum atomic E-state index is 13.7. The fourth-order valence-electron chi connectivity index (χ4n) is 2.23. The average molecular weight is 386 g/mol. The molecule has 0 radical (unpaired) electrons. The number of halogens is 3. The van der Waals surface area contributed by atoms with Crippen molar-refractivity contribution in [3.05, 3.63) is 68.4 Å². The Balaban J connectivity index is 2.47. The van der Waals surface area contributed by atoms with Gasteiger partial charge in [-0.1, -0.05) is 50.1 Å². The summed E-state index contributed by atoms with van der Waals surface area (Å²) in [7, 11) is 0. The third-order valence-corrected chi connectivity index (χ3v) is 4.77. The van der Waals surface area contributed by atoms with Crippen LogP contribution in [0.2, 0.25) is 0 Å². The fourth-order valence-corrected chi connectivity index (χ4v) is 3.48. The topological polar surface area (TPSA) is 0 Å². The lowest BCUT2D eigenvalue weighted by Crippen LogP contribution is -1.99. The van der Waals surface area contributed by atoms with Gasteiger partial charge in [-0.05, 0) is 60.7 Å². The van der Waals surface area contributed by atoms with Crippen LogP contribution in [0.25, 0.3) is 0 Å². The molecule has 100 valence electrons. The van der Waals surface area contributed by atoms with Crippen LogP contribution in [0.1, 0.15) is 32.6 Å². The molecular weight excluding hydrogens is 371 g/mol. The van der Waals surface area contributed by atoms with Crippen molar-refractivity contribution in [2.75, 3.05) is 0 Å². The fraction of sp³-hybridized carbons (Fsp3) is 0.250. The molecule has 1 unspecified atom stereocenters. The van der Waals surface area contributed by atoms with E-state index in [9.17, 15) is 4.39 Å². The highest BCUT2D eigenvalue weighted by Crippen LogP contribution is 2.35. The van der Waals surface area contributed by atoms with E-state index in [1.165, 1.54) is 11.1 Å². The van der Waals surface area contributed by atoms with Crippen molar-refractivity contribution in [1.82, 2.24) is 0 Å². The van der Waals surface area contributed by atoms with Gasteiger partial charge in [-0.2, -0.15) is 0 Å². The van der Waals surface area contributed by atoms with Gasteiger partial charge in [0.05, 0.1) is 4.83 Å². The second kappa shape index (κ2) is 5.76. The van der Waals surface area contributed by atoms with Crippen molar-refractivity contribution in [3.63, 3.8) is 0 Å². The molecule has 0 fully saturated rings. The van der Waals surface area contributed by atoms with Crippen LogP contribution in [-0.2, 0) is 0 Å². The summed E-state index contributed by atoms with van der Waals surface area (Å²) in [5.74, 6) is -0.115. The van der Waals surface area contributed by atoms with Gasteiger partial charge in [0.25, 0.3) is 0 Å². The minimum Gasteiger partial charge on any atom is -0.206 e. The molecule has 3 heteroatoms. The van der Waals surface area contributed by atoms with E-state index in [0.29, 0.717) is 11.1 Å². The zero-order chi connectivity index (χ0) is 14.2. The van der Waals surface area contributed by atoms with E-state index in [1.807, 2.05) is 18.2 Å². The van der Waals surface area contributed by atoms with E-state index in [2.05, 4.69) is 50.9 Å². The molecule has 2 aromatic rings. The molecule has 2 rings (SSSR count). The van der Waals surface area contributed by atoms with Gasteiger partial charge in [-0.15, -0.1) is 0 Å². The van der Waals surface area contributed by atoms with E-state index in [0.717, 1.165) is 10.0 Å². The summed E-state index contributed by atoms with van der Waals surface area (Å²) in [4.78, 5) is 0.0820. The number of hydrogen-bond acceptors (Lipinski definition) is 0. The smallest absolute Gasteiger partial charge is 0.129 e. The van der Waals surface area contributed by atoms with Crippen molar-refractivity contribution < 1.29 is 4.39 Å². The molecule has 0 spiro atoms. The summed E-state index contributed by atoms with van der Waals surface area (Å²) in [5.41, 5.74) is 4.87. The lowest BCUT2D eigenvalue weighted by molar-refractivity contribution is 0.608. The largest absolute Gasteiger partial charge is 0.206 e. The third kappa shape index (κ3) is 3.09. The first-order valence-electron chi connectivity index (χ1n) is 6.07. The average Bonchev–Trinajstić information content (AvgIpc) is 2.34. The Hall–Kier alpha value is -0.670. The maximum Gasteiger partial charge on any atom is 0.129 e. The third-order valence-electron chi connectivity index (χ3n) is 3.26. The standard InChI is InChI=1S/C16H15Br2F/c1-9-8-13(17)4-5-14(9)15(18)12-6-10(2)16(19)11(3)7-12/h4-8,15H,1-3H3. The molecule has 1 atom stereocenters. The van der Waals surface area contributed by atoms with Gasteiger partial charge in [0.2, 0.25) is 0 Å². The predicted molar refractivity (Wildman–Crippen MR) is 85.5 cm³/mol. The lowest BCUT2D eigenvalue weighted by atomic mass is 9.97. The van der Waals surface area contributed by atoms with Gasteiger partial charge in [0.15, 0.2) is 0 Å². The summed E-state index contributed by atoms with van der Waals surface area (Å²) < 4.78 is 14.8. The van der Waals surface area contributed by atoms with Crippen LogP contribution in [-0.4, -0.2) is 0 Å². The van der Waals surface area contributed by atoms with Crippen molar-refractivity contribution in [3.8, 4) is 0 Å². The number of hydrogen-bond donors (Lipinski definition) is 0. The molecule has 0 aliphatic rings. The van der Waals surface area contributed by atoms with Crippen LogP contribution in [0, 0.1) is 26.6 Å². The van der Waals surface area contributed by atoms with E-state index in [4.69, 9.17) is 0 Å². The van der Waals surface area contributed by atoms with Crippen molar-refractivity contribution in [1.29, 1.82) is 0 Å². The van der Waals surface area contributed by atoms with Crippen LogP contribution in [0.15, 0.2) is 34.8 Å². The van der Waals surface area contributed by atoms with Crippen molar-refractivity contribution in [2.24, 2.45) is 0 Å². The molecule has 0 saturated carbocycles. The first kappa shape index (κ1) is 14.7. The number of benzene rings is 2. The minimum absolute atomic E-state index is 0.0820. The van der Waals surface area contributed by atoms with Crippen LogP contribution in [0.4, 0.5) is 4.39 Å². The molecule has 0 N–H and O–H groups in total. The SMILES string of the molecule is Cc1cc(Br)ccc1C(Br)c1cc(C)c(F)c(C)c1. The van der Waals surface area contributed by atoms with Crippen LogP contribution < -0.4 is 0 Å². The van der Waals surface area contributed by atoms with Crippen molar-refractivity contribution in [2.45, 2.75) is 25.6 Å². The monoisotopic (exact) mass is 384 g/mol. The molecule has 0 aromatic heterocycles. The van der Waals surface area contributed by atoms with Crippen LogP contribution in [0.5, 0.6) is 0 Å². The molecule has 0 aliphatic carbocycles. The molecule has 0 bridgehead atoms. The molecule has 0 nitrogen and oxygen atoms in total. The minimum atomic E-state index is -0.115. The zero-order valence-corrected chi connectivity index (χ0v) is 14.3. The molecule has 0 saturated heterocycles. The van der Waals surface area contributed by atoms with E-state index >= 15 is 0 Å². The van der Waals surface area contributed by atoms with Gasteiger partial charge in [-0.25, -0.2) is 4.39 Å². The van der Waals surface area contributed by atoms with Gasteiger partial charge in [-0.3, -0.25) is 0 Å². The highest BCUT2D eigenvalue weighted by molar-refractivity contribution is 9.10. The number of alkyl halides is 1. The van der Waals surface area contributed by atoms with Crippen LogP contribution >= 0.6 is 31.9 Å². The van der Waals surface area contributed by atoms with Gasteiger partial charge < -0.3 is 0 Å². The Bertz CT molecular complexity index is 597. The maximum absolute atomic E-state index is 13.7. The Morgan fingerprint density at radius 3 is 2.05 bits per heavy atom. The van der Waals surface area contributed by atoms with E-state index in [1.54, 1.807) is 13.8 Å². The first-order valence-corrected chi connectivity index (χ1v) is 7.77. The number of aryl methyl sites for hydroxylation is 3. The highest BCUT2D eigenvalue weighted by atomic mass is 79.9. The van der Waals surface area contributed by atoms with Gasteiger partial charge >= 0.3 is 0 Å². The molecule has 19 heavy (non-hydrogen) atoms. The summed E-state index contributed by atoms with van der Waals surface area (Å²) in [6.45, 7) is 5.69. The zero-order valence-electron chi connectivity index (χ0n) is 11.1. The van der Waals surface area contributed by atoms with Gasteiger partial charge in [0.1, 0.15) is 5.82 Å². The quantitative estimate of drug-likeness (QED) is 0.556. The van der Waals surface area contributed by atoms with E-state index < -0.39 is 0 Å².